The second-order valence-electron chi connectivity index (χ2n) is 6.91. The number of benzene rings is 3. The SMILES string of the molecule is CC(NC(=O)COc1ccc([N+](=O)[O-])cc1)c1ccc(NC(=O)c2ccc(F)cc2)cc1. The highest BCUT2D eigenvalue weighted by Crippen LogP contribution is 2.19. The molecule has 0 fully saturated rings. The van der Waals surface area contributed by atoms with E-state index in [9.17, 15) is 24.1 Å². The number of amides is 2. The standard InChI is InChI=1S/C23H20FN3O5/c1-15(25-22(28)14-32-21-12-10-20(11-13-21)27(30)31)16-4-8-19(9-5-16)26-23(29)17-2-6-18(24)7-3-17/h2-13,15H,14H2,1H3,(H,25,28)(H,26,29). The third kappa shape index (κ3) is 6.11. The van der Waals surface area contributed by atoms with Crippen LogP contribution in [-0.4, -0.2) is 23.3 Å². The Labute approximate surface area is 183 Å². The molecule has 1 unspecified atom stereocenters. The molecule has 2 N–H and O–H groups in total. The summed E-state index contributed by atoms with van der Waals surface area (Å²) in [4.78, 5) is 34.5. The van der Waals surface area contributed by atoms with Crippen LogP contribution in [0.15, 0.2) is 72.8 Å². The van der Waals surface area contributed by atoms with E-state index in [-0.39, 0.29) is 30.2 Å². The lowest BCUT2D eigenvalue weighted by Crippen LogP contribution is -2.31. The van der Waals surface area contributed by atoms with E-state index < -0.39 is 10.7 Å². The lowest BCUT2D eigenvalue weighted by Gasteiger charge is -2.15. The van der Waals surface area contributed by atoms with Crippen molar-refractivity contribution in [1.29, 1.82) is 0 Å². The number of nitro benzene ring substituents is 1. The lowest BCUT2D eigenvalue weighted by atomic mass is 10.1. The van der Waals surface area contributed by atoms with Crippen molar-refractivity contribution in [1.82, 2.24) is 5.32 Å². The Morgan fingerprint density at radius 2 is 1.62 bits per heavy atom. The summed E-state index contributed by atoms with van der Waals surface area (Å²) in [7, 11) is 0. The van der Waals surface area contributed by atoms with Gasteiger partial charge in [-0.1, -0.05) is 12.1 Å². The molecule has 0 spiro atoms. The molecule has 0 aliphatic carbocycles. The maximum Gasteiger partial charge on any atom is 0.269 e. The first-order chi connectivity index (χ1) is 15.3. The van der Waals surface area contributed by atoms with Gasteiger partial charge in [0.2, 0.25) is 0 Å². The van der Waals surface area contributed by atoms with Gasteiger partial charge in [-0.3, -0.25) is 19.7 Å². The van der Waals surface area contributed by atoms with Crippen LogP contribution in [0, 0.1) is 15.9 Å². The van der Waals surface area contributed by atoms with Gasteiger partial charge in [-0.2, -0.15) is 0 Å². The Kier molecular flexibility index (Phi) is 7.12. The quantitative estimate of drug-likeness (QED) is 0.404. The van der Waals surface area contributed by atoms with E-state index in [0.717, 1.165) is 5.56 Å². The number of nitrogens with zero attached hydrogens (tertiary/aromatic N) is 1. The van der Waals surface area contributed by atoms with E-state index in [2.05, 4.69) is 10.6 Å². The summed E-state index contributed by atoms with van der Waals surface area (Å²) in [6.07, 6.45) is 0. The maximum atomic E-state index is 13.0. The minimum Gasteiger partial charge on any atom is -0.484 e. The minimum absolute atomic E-state index is 0.0623. The molecular formula is C23H20FN3O5. The topological polar surface area (TPSA) is 111 Å². The number of carbonyl (C=O) groups is 2. The van der Waals surface area contributed by atoms with Gasteiger partial charge in [0.1, 0.15) is 11.6 Å². The molecule has 0 aromatic heterocycles. The summed E-state index contributed by atoms with van der Waals surface area (Å²) < 4.78 is 18.3. The van der Waals surface area contributed by atoms with Crippen LogP contribution >= 0.6 is 0 Å². The number of hydrogen-bond donors (Lipinski definition) is 2. The molecule has 32 heavy (non-hydrogen) atoms. The van der Waals surface area contributed by atoms with Gasteiger partial charge in [0.15, 0.2) is 6.61 Å². The van der Waals surface area contributed by atoms with Crippen molar-refractivity contribution < 1.29 is 23.6 Å². The third-order valence-corrected chi connectivity index (χ3v) is 4.57. The Morgan fingerprint density at radius 3 is 2.22 bits per heavy atom. The van der Waals surface area contributed by atoms with E-state index in [1.54, 1.807) is 31.2 Å². The smallest absolute Gasteiger partial charge is 0.269 e. The average Bonchev–Trinajstić information content (AvgIpc) is 2.78. The molecule has 3 aromatic rings. The molecule has 0 aliphatic heterocycles. The molecular weight excluding hydrogens is 417 g/mol. The number of ether oxygens (including phenoxy) is 1. The van der Waals surface area contributed by atoms with Crippen molar-refractivity contribution in [3.63, 3.8) is 0 Å². The second-order valence-corrected chi connectivity index (χ2v) is 6.91. The van der Waals surface area contributed by atoms with Crippen LogP contribution in [0.4, 0.5) is 15.8 Å². The predicted molar refractivity (Wildman–Crippen MR) is 116 cm³/mol. The van der Waals surface area contributed by atoms with Gasteiger partial charge in [-0.05, 0) is 61.0 Å². The van der Waals surface area contributed by atoms with Gasteiger partial charge in [0.25, 0.3) is 17.5 Å². The highest BCUT2D eigenvalue weighted by Gasteiger charge is 2.12. The van der Waals surface area contributed by atoms with Gasteiger partial charge in [-0.15, -0.1) is 0 Å². The number of non-ortho nitro benzene ring substituents is 1. The zero-order valence-corrected chi connectivity index (χ0v) is 17.1. The molecule has 3 aromatic carbocycles. The normalized spacial score (nSPS) is 11.3. The molecule has 0 aliphatic rings. The van der Waals surface area contributed by atoms with Crippen molar-refractivity contribution in [3.8, 4) is 5.75 Å². The zero-order valence-electron chi connectivity index (χ0n) is 17.1. The molecule has 3 rings (SSSR count). The summed E-state index contributed by atoms with van der Waals surface area (Å²) in [5, 5.41) is 16.2. The number of halogens is 1. The van der Waals surface area contributed by atoms with Crippen LogP contribution < -0.4 is 15.4 Å². The van der Waals surface area contributed by atoms with Crippen LogP contribution in [-0.2, 0) is 4.79 Å². The fourth-order valence-electron chi connectivity index (χ4n) is 2.84. The first-order valence-corrected chi connectivity index (χ1v) is 9.65. The van der Waals surface area contributed by atoms with Gasteiger partial charge in [-0.25, -0.2) is 4.39 Å². The summed E-state index contributed by atoms with van der Waals surface area (Å²) >= 11 is 0. The summed E-state index contributed by atoms with van der Waals surface area (Å²) in [6, 6.07) is 17.3. The van der Waals surface area contributed by atoms with Crippen molar-refractivity contribution in [2.24, 2.45) is 0 Å². The monoisotopic (exact) mass is 437 g/mol. The summed E-state index contributed by atoms with van der Waals surface area (Å²) in [5.74, 6) is -0.785. The Bertz CT molecular complexity index is 1100. The molecule has 8 nitrogen and oxygen atoms in total. The number of anilines is 1. The van der Waals surface area contributed by atoms with Gasteiger partial charge >= 0.3 is 0 Å². The molecule has 0 bridgehead atoms. The minimum atomic E-state index is -0.516. The Morgan fingerprint density at radius 1 is 1.00 bits per heavy atom. The number of carbonyl (C=O) groups excluding carboxylic acids is 2. The zero-order chi connectivity index (χ0) is 23.1. The highest BCUT2D eigenvalue weighted by atomic mass is 19.1. The van der Waals surface area contributed by atoms with Crippen LogP contribution in [0.3, 0.4) is 0 Å². The van der Waals surface area contributed by atoms with Gasteiger partial charge in [0.05, 0.1) is 11.0 Å². The molecule has 9 heteroatoms. The van der Waals surface area contributed by atoms with E-state index in [1.165, 1.54) is 48.5 Å². The van der Waals surface area contributed by atoms with E-state index >= 15 is 0 Å². The van der Waals surface area contributed by atoms with E-state index in [0.29, 0.717) is 17.0 Å². The predicted octanol–water partition coefficient (Wildman–Crippen LogP) is 4.24. The molecule has 164 valence electrons. The molecule has 1 atom stereocenters. The fourth-order valence-corrected chi connectivity index (χ4v) is 2.84. The molecule has 0 saturated carbocycles. The number of nitro groups is 1. The summed E-state index contributed by atoms with van der Waals surface area (Å²) in [5.41, 5.74) is 1.65. The van der Waals surface area contributed by atoms with Crippen molar-refractivity contribution in [2.45, 2.75) is 13.0 Å². The summed E-state index contributed by atoms with van der Waals surface area (Å²) in [6.45, 7) is 1.56. The van der Waals surface area contributed by atoms with Gasteiger partial charge in [0, 0.05) is 23.4 Å². The maximum absolute atomic E-state index is 13.0. The highest BCUT2D eigenvalue weighted by molar-refractivity contribution is 6.04. The first-order valence-electron chi connectivity index (χ1n) is 9.65. The average molecular weight is 437 g/mol. The molecule has 0 heterocycles. The molecule has 0 radical (unpaired) electrons. The third-order valence-electron chi connectivity index (χ3n) is 4.57. The molecule has 2 amide bonds. The van der Waals surface area contributed by atoms with E-state index in [4.69, 9.17) is 4.74 Å². The fraction of sp³-hybridized carbons (Fsp3) is 0.130. The Balaban J connectivity index is 1.49. The van der Waals surface area contributed by atoms with Crippen molar-refractivity contribution in [2.75, 3.05) is 11.9 Å². The number of nitrogens with one attached hydrogen (secondary N) is 2. The number of hydrogen-bond acceptors (Lipinski definition) is 5. The second kappa shape index (κ2) is 10.2. The Hall–Kier alpha value is -4.27. The van der Waals surface area contributed by atoms with Crippen LogP contribution in [0.1, 0.15) is 28.9 Å². The van der Waals surface area contributed by atoms with Crippen LogP contribution in [0.5, 0.6) is 5.75 Å². The van der Waals surface area contributed by atoms with E-state index in [1.807, 2.05) is 0 Å². The van der Waals surface area contributed by atoms with Crippen LogP contribution in [0.25, 0.3) is 0 Å². The van der Waals surface area contributed by atoms with Crippen molar-refractivity contribution in [3.05, 3.63) is 99.9 Å². The first kappa shape index (κ1) is 22.4. The largest absolute Gasteiger partial charge is 0.484 e. The molecule has 0 saturated heterocycles. The van der Waals surface area contributed by atoms with Crippen LogP contribution in [0.2, 0.25) is 0 Å². The van der Waals surface area contributed by atoms with Gasteiger partial charge < -0.3 is 15.4 Å². The van der Waals surface area contributed by atoms with Crippen molar-refractivity contribution >= 4 is 23.2 Å². The number of rotatable bonds is 8. The lowest BCUT2D eigenvalue weighted by molar-refractivity contribution is -0.384.